The molecule has 9 rings (SSSR count). The molecule has 15 nitrogen and oxygen atoms in total. The number of rotatable bonds is 14. The zero-order valence-corrected chi connectivity index (χ0v) is 44.0. The van der Waals surface area contributed by atoms with Crippen molar-refractivity contribution in [3.05, 3.63) is 133 Å². The van der Waals surface area contributed by atoms with Crippen LogP contribution in [0.15, 0.2) is 83.3 Å². The molecule has 1 unspecified atom stereocenters. The first-order valence-corrected chi connectivity index (χ1v) is 26.4. The summed E-state index contributed by atoms with van der Waals surface area (Å²) in [6, 6.07) is 19.9. The number of likely N-dealkylation sites (tertiary alicyclic amines) is 1. The lowest BCUT2D eigenvalue weighted by Gasteiger charge is -2.36. The number of thiophene rings is 1. The second kappa shape index (κ2) is 20.7. The molecule has 376 valence electrons. The summed E-state index contributed by atoms with van der Waals surface area (Å²) in [5.41, 5.74) is 8.50. The first-order chi connectivity index (χ1) is 34.3. The topological polar surface area (TPSA) is 193 Å². The lowest BCUT2D eigenvalue weighted by atomic mass is 9.85. The number of β-amino-alcohol motifs (C(OH)–C–C–N with tert-alkyl or cyclic N) is 1. The zero-order chi connectivity index (χ0) is 51.2. The van der Waals surface area contributed by atoms with Crippen molar-refractivity contribution in [1.82, 2.24) is 40.6 Å². The number of carbonyl (C=O) groups is 4. The summed E-state index contributed by atoms with van der Waals surface area (Å²) < 4.78 is 8.36. The van der Waals surface area contributed by atoms with Gasteiger partial charge in [-0.25, -0.2) is 4.98 Å². The summed E-state index contributed by atoms with van der Waals surface area (Å²) in [5.74, 6) is 0.606. The number of fused-ring (bicyclic) bond motifs is 3. The SMILES string of the molecule is Cc1ncsc1-c1ccc([C@H](C)NC(=O)C2C[C@@H](O)CN2C(=O)[C@@H](NC(=O)Cc2cccc(OC3CC(NC(=O)C[C@@H]4N=C(c5ccc(Cl)cc5)c5c(sc(C)c5C)-n5c(C)nnc54)C3)c2)C(C)(C)C)cc1. The molecule has 4 N–H and O–H groups in total. The highest BCUT2D eigenvalue weighted by Gasteiger charge is 2.45. The summed E-state index contributed by atoms with van der Waals surface area (Å²) in [7, 11) is 0. The molecule has 0 spiro atoms. The van der Waals surface area contributed by atoms with E-state index in [0.717, 1.165) is 54.9 Å². The van der Waals surface area contributed by atoms with Gasteiger partial charge in [-0.3, -0.25) is 28.7 Å². The predicted octanol–water partition coefficient (Wildman–Crippen LogP) is 8.26. The van der Waals surface area contributed by atoms with E-state index in [-0.39, 0.29) is 61.7 Å². The summed E-state index contributed by atoms with van der Waals surface area (Å²) in [6.45, 7) is 15.5. The van der Waals surface area contributed by atoms with Gasteiger partial charge < -0.3 is 30.7 Å². The van der Waals surface area contributed by atoms with Gasteiger partial charge in [-0.15, -0.1) is 32.9 Å². The normalized spacial score (nSPS) is 20.3. The van der Waals surface area contributed by atoms with Crippen LogP contribution in [0.25, 0.3) is 15.4 Å². The van der Waals surface area contributed by atoms with E-state index in [1.807, 2.05) is 124 Å². The number of amides is 4. The largest absolute Gasteiger partial charge is 0.490 e. The quantitative estimate of drug-likeness (QED) is 0.0832. The van der Waals surface area contributed by atoms with Crippen molar-refractivity contribution in [1.29, 1.82) is 0 Å². The molecule has 2 fully saturated rings. The van der Waals surface area contributed by atoms with E-state index in [2.05, 4.69) is 45.0 Å². The van der Waals surface area contributed by atoms with Crippen molar-refractivity contribution in [3.8, 4) is 21.2 Å². The number of nitrogens with zero attached hydrogens (tertiary/aromatic N) is 6. The number of aryl methyl sites for hydroxylation is 3. The lowest BCUT2D eigenvalue weighted by Crippen LogP contribution is -2.58. The minimum Gasteiger partial charge on any atom is -0.490 e. The van der Waals surface area contributed by atoms with Gasteiger partial charge in [0.2, 0.25) is 23.6 Å². The molecule has 1 saturated carbocycles. The van der Waals surface area contributed by atoms with Gasteiger partial charge in [0.15, 0.2) is 5.82 Å². The molecule has 1 aliphatic carbocycles. The average molecular weight is 1030 g/mol. The van der Waals surface area contributed by atoms with Gasteiger partial charge in [-0.05, 0) is 86.6 Å². The molecule has 3 aromatic carbocycles. The third-order valence-corrected chi connectivity index (χ3v) is 16.2. The van der Waals surface area contributed by atoms with Gasteiger partial charge in [-0.1, -0.05) is 80.9 Å². The van der Waals surface area contributed by atoms with Crippen molar-refractivity contribution < 1.29 is 29.0 Å². The zero-order valence-electron chi connectivity index (χ0n) is 41.7. The van der Waals surface area contributed by atoms with Gasteiger partial charge in [0.05, 0.1) is 46.8 Å². The summed E-state index contributed by atoms with van der Waals surface area (Å²) in [5, 5.41) is 30.5. The molecule has 1 saturated heterocycles. The molecule has 3 aromatic heterocycles. The van der Waals surface area contributed by atoms with Crippen molar-refractivity contribution in [2.45, 2.75) is 130 Å². The number of benzene rings is 3. The molecular weight excluding hydrogens is 970 g/mol. The van der Waals surface area contributed by atoms with Crippen LogP contribution < -0.4 is 20.7 Å². The number of aliphatic hydroxyl groups is 1. The molecule has 0 radical (unpaired) electrons. The van der Waals surface area contributed by atoms with Gasteiger partial charge in [0.1, 0.15) is 40.8 Å². The van der Waals surface area contributed by atoms with Crippen molar-refractivity contribution in [3.63, 3.8) is 0 Å². The first-order valence-electron chi connectivity index (χ1n) is 24.3. The number of ether oxygens (including phenoxy) is 1. The third-order valence-electron chi connectivity index (χ3n) is 13.8. The molecule has 18 heteroatoms. The van der Waals surface area contributed by atoms with Gasteiger partial charge >= 0.3 is 0 Å². The van der Waals surface area contributed by atoms with Crippen LogP contribution >= 0.6 is 34.3 Å². The number of aromatic nitrogens is 4. The minimum atomic E-state index is -0.975. The van der Waals surface area contributed by atoms with Crippen molar-refractivity contribution in [2.24, 2.45) is 10.4 Å². The Morgan fingerprint density at radius 1 is 0.917 bits per heavy atom. The van der Waals surface area contributed by atoms with Crippen LogP contribution in [0.5, 0.6) is 5.75 Å². The number of hydrogen-bond donors (Lipinski definition) is 4. The van der Waals surface area contributed by atoms with Crippen molar-refractivity contribution in [2.75, 3.05) is 6.54 Å². The summed E-state index contributed by atoms with van der Waals surface area (Å²) in [6.07, 6.45) is 0.311. The Kier molecular flexibility index (Phi) is 14.6. The van der Waals surface area contributed by atoms with E-state index in [1.54, 1.807) is 22.7 Å². The van der Waals surface area contributed by atoms with E-state index >= 15 is 0 Å². The highest BCUT2D eigenvalue weighted by atomic mass is 35.5. The lowest BCUT2D eigenvalue weighted by molar-refractivity contribution is -0.144. The highest BCUT2D eigenvalue weighted by molar-refractivity contribution is 7.15. The average Bonchev–Trinajstić information content (AvgIpc) is 4.09. The van der Waals surface area contributed by atoms with E-state index in [0.29, 0.717) is 35.0 Å². The van der Waals surface area contributed by atoms with Gasteiger partial charge in [0.25, 0.3) is 0 Å². The second-order valence-corrected chi connectivity index (χ2v) is 22.8. The minimum absolute atomic E-state index is 0.0187. The number of hydrogen-bond acceptors (Lipinski definition) is 12. The molecule has 5 heterocycles. The van der Waals surface area contributed by atoms with Crippen LogP contribution in [0, 0.1) is 33.1 Å². The third kappa shape index (κ3) is 10.8. The molecular formula is C54H60ClN9O6S2. The summed E-state index contributed by atoms with van der Waals surface area (Å²) >= 11 is 9.51. The van der Waals surface area contributed by atoms with Crippen LogP contribution in [0.4, 0.5) is 0 Å². The molecule has 0 bridgehead atoms. The van der Waals surface area contributed by atoms with Crippen LogP contribution in [0.3, 0.4) is 0 Å². The van der Waals surface area contributed by atoms with Crippen molar-refractivity contribution >= 4 is 63.6 Å². The first kappa shape index (κ1) is 50.7. The van der Waals surface area contributed by atoms with Crippen LogP contribution in [0.2, 0.25) is 5.02 Å². The Bertz CT molecular complexity index is 3040. The van der Waals surface area contributed by atoms with E-state index in [9.17, 15) is 24.3 Å². The standard InChI is InChI=1S/C54H60ClN9O6S2/c1-28-31(4)72-53-46(28)47(35-16-18-37(55)19-17-35)59-42(50-62-61-32(5)64(50)53)25-45(67)58-38-22-41(23-38)70-40-11-9-10-33(20-40)21-44(66)60-49(54(6,7)8)52(69)63-26-39(65)24-43(63)51(68)57-29(2)34-12-14-36(15-13-34)48-30(3)56-27-71-48/h9-20,27,29,38-39,41-43,49,65H,21-26H2,1-8H3,(H,57,68)(H,58,67)(H,60,66)/t29-,38?,39+,41?,42-,43?,49+/m0/s1. The maximum atomic E-state index is 14.3. The Balaban J connectivity index is 0.787. The Morgan fingerprint density at radius 3 is 2.33 bits per heavy atom. The number of nitrogens with one attached hydrogen (secondary N) is 3. The molecule has 5 atom stereocenters. The molecule has 3 aliphatic rings. The number of halogens is 1. The molecule has 2 aliphatic heterocycles. The maximum absolute atomic E-state index is 14.3. The molecule has 4 amide bonds. The monoisotopic (exact) mass is 1030 g/mol. The predicted molar refractivity (Wildman–Crippen MR) is 280 cm³/mol. The number of carbonyl (C=O) groups excluding carboxylic acids is 4. The molecule has 6 aromatic rings. The Morgan fingerprint density at radius 2 is 1.64 bits per heavy atom. The van der Waals surface area contributed by atoms with Crippen LogP contribution in [0.1, 0.15) is 115 Å². The van der Waals surface area contributed by atoms with Gasteiger partial charge in [-0.2, -0.15) is 0 Å². The van der Waals surface area contributed by atoms with Crippen LogP contribution in [-0.4, -0.2) is 96.0 Å². The number of thiazole rings is 1. The second-order valence-electron chi connectivity index (χ2n) is 20.3. The van der Waals surface area contributed by atoms with E-state index < -0.39 is 35.6 Å². The fourth-order valence-corrected chi connectivity index (χ4v) is 11.9. The Labute approximate surface area is 432 Å². The number of aliphatic imine (C=N–C) groups is 1. The Hall–Kier alpha value is -6.27. The maximum Gasteiger partial charge on any atom is 0.246 e. The van der Waals surface area contributed by atoms with Crippen LogP contribution in [-0.2, 0) is 25.6 Å². The highest BCUT2D eigenvalue weighted by Crippen LogP contribution is 2.40. The van der Waals surface area contributed by atoms with E-state index in [1.165, 1.54) is 9.78 Å². The van der Waals surface area contributed by atoms with Gasteiger partial charge in [0, 0.05) is 52.9 Å². The molecule has 72 heavy (non-hydrogen) atoms. The fraction of sp³-hybridized carbons (Fsp3) is 0.407. The van der Waals surface area contributed by atoms with E-state index in [4.69, 9.17) is 21.3 Å². The smallest absolute Gasteiger partial charge is 0.246 e. The summed E-state index contributed by atoms with van der Waals surface area (Å²) in [4.78, 5) is 68.8. The number of aliphatic hydroxyl groups excluding tert-OH is 1. The fourth-order valence-electron chi connectivity index (χ4n) is 9.71.